The van der Waals surface area contributed by atoms with Crippen LogP contribution in [0.3, 0.4) is 0 Å². The zero-order valence-corrected chi connectivity index (χ0v) is 23.3. The second-order valence-corrected chi connectivity index (χ2v) is 9.31. The first-order valence-electron chi connectivity index (χ1n) is 13.2. The number of nitrogens with two attached hydrogens (primary N) is 3. The summed E-state index contributed by atoms with van der Waals surface area (Å²) < 4.78 is 0. The highest BCUT2D eigenvalue weighted by atomic mass is 16.4. The van der Waals surface area contributed by atoms with E-state index in [-0.39, 0.29) is 56.9 Å². The molecule has 0 bridgehead atoms. The fraction of sp³-hybridized carbons (Fsp3) is 0.667. The number of nitrogens with zero attached hydrogens (tertiary/aromatic N) is 3. The summed E-state index contributed by atoms with van der Waals surface area (Å²) >= 11 is 0. The number of rotatable bonds is 24. The summed E-state index contributed by atoms with van der Waals surface area (Å²) in [5.74, 6) is -6.78. The molecular formula is C24H40N9O9+. The van der Waals surface area contributed by atoms with Crippen LogP contribution in [0, 0.1) is 11.4 Å². The first-order valence-corrected chi connectivity index (χ1v) is 13.2. The number of carboxylic acids is 1. The highest BCUT2D eigenvalue weighted by molar-refractivity contribution is 5.96. The Kier molecular flexibility index (Phi) is 18.9. The molecule has 0 aliphatic rings. The lowest BCUT2D eigenvalue weighted by Crippen LogP contribution is -2.45. The van der Waals surface area contributed by atoms with Gasteiger partial charge in [0.1, 0.15) is 23.0 Å². The third kappa shape index (κ3) is 17.9. The summed E-state index contributed by atoms with van der Waals surface area (Å²) in [6, 6.07) is -2.56. The molecule has 0 rings (SSSR count). The molecule has 0 radical (unpaired) electrons. The Balaban J connectivity index is 5.18. The van der Waals surface area contributed by atoms with Crippen LogP contribution in [-0.2, 0) is 33.6 Å². The number of ketones is 3. The smallest absolute Gasteiger partial charge is 0.305 e. The highest BCUT2D eigenvalue weighted by Crippen LogP contribution is 2.10. The van der Waals surface area contributed by atoms with Gasteiger partial charge in [0.05, 0.1) is 31.0 Å². The van der Waals surface area contributed by atoms with Crippen molar-refractivity contribution in [3.05, 3.63) is 0 Å². The van der Waals surface area contributed by atoms with E-state index in [4.69, 9.17) is 27.8 Å². The normalized spacial score (nSPS) is 12.5. The molecule has 0 saturated carbocycles. The first-order chi connectivity index (χ1) is 19.8. The minimum Gasteiger partial charge on any atom is -0.481 e. The van der Waals surface area contributed by atoms with E-state index in [2.05, 4.69) is 25.7 Å². The van der Waals surface area contributed by atoms with Crippen LogP contribution in [-0.4, -0.2) is 89.0 Å². The molecule has 18 heteroatoms. The van der Waals surface area contributed by atoms with Gasteiger partial charge in [-0.05, 0) is 19.3 Å². The molecule has 0 heterocycles. The number of Topliss-reactive ketones (excluding diaryl/α,β-unsaturated/α-hetero) is 3. The van der Waals surface area contributed by atoms with Crippen molar-refractivity contribution < 1.29 is 43.8 Å². The van der Waals surface area contributed by atoms with Gasteiger partial charge in [0, 0.05) is 45.1 Å². The van der Waals surface area contributed by atoms with E-state index in [0.717, 1.165) is 0 Å². The predicted molar refractivity (Wildman–Crippen MR) is 145 cm³/mol. The number of nitrogens with one attached hydrogen (secondary N) is 3. The van der Waals surface area contributed by atoms with Crippen molar-refractivity contribution in [3.63, 3.8) is 0 Å². The maximum absolute atomic E-state index is 12.9. The summed E-state index contributed by atoms with van der Waals surface area (Å²) in [4.78, 5) is 91.3. The third-order valence-electron chi connectivity index (χ3n) is 5.86. The van der Waals surface area contributed by atoms with Crippen LogP contribution in [0.4, 0.5) is 0 Å². The van der Waals surface area contributed by atoms with E-state index < -0.39 is 79.1 Å². The fourth-order valence-corrected chi connectivity index (χ4v) is 3.60. The topological polar surface area (TPSA) is 325 Å². The average Bonchev–Trinajstić information content (AvgIpc) is 2.92. The van der Waals surface area contributed by atoms with Crippen LogP contribution < -0.4 is 32.7 Å². The van der Waals surface area contributed by atoms with Crippen molar-refractivity contribution in [2.24, 2.45) is 33.2 Å². The Morgan fingerprint density at radius 2 is 1.40 bits per heavy atom. The summed E-state index contributed by atoms with van der Waals surface area (Å²) in [6.07, 6.45) is -1.54. The summed E-state index contributed by atoms with van der Waals surface area (Å²) in [6.45, 7) is -0.369. The van der Waals surface area contributed by atoms with Crippen LogP contribution in [0.1, 0.15) is 64.2 Å². The molecule has 0 fully saturated rings. The van der Waals surface area contributed by atoms with E-state index in [1.165, 1.54) is 0 Å². The van der Waals surface area contributed by atoms with Crippen LogP contribution in [0.15, 0.2) is 10.1 Å². The van der Waals surface area contributed by atoms with Gasteiger partial charge in [-0.15, -0.1) is 0 Å². The predicted octanol–water partition coefficient (Wildman–Crippen LogP) is -2.43. The molecule has 42 heavy (non-hydrogen) atoms. The van der Waals surface area contributed by atoms with E-state index in [0.29, 0.717) is 12.8 Å². The van der Waals surface area contributed by atoms with Crippen LogP contribution in [0.25, 0.3) is 0 Å². The van der Waals surface area contributed by atoms with Crippen LogP contribution in [0.5, 0.6) is 0 Å². The Bertz CT molecular complexity index is 1050. The first kappa shape index (κ1) is 37.4. The summed E-state index contributed by atoms with van der Waals surface area (Å²) in [5, 5.41) is 26.5. The number of primary amides is 1. The molecule has 0 saturated heterocycles. The number of aliphatic carboxylic acids is 1. The molecule has 234 valence electrons. The molecule has 3 amide bonds. The lowest BCUT2D eigenvalue weighted by Gasteiger charge is -2.19. The maximum atomic E-state index is 12.9. The Hall–Kier alpha value is -4.57. The van der Waals surface area contributed by atoms with Gasteiger partial charge in [-0.2, -0.15) is 0 Å². The molecule has 3 atom stereocenters. The van der Waals surface area contributed by atoms with Crippen molar-refractivity contribution in [3.8, 4) is 0 Å². The van der Waals surface area contributed by atoms with Crippen molar-refractivity contribution in [2.45, 2.75) is 76.3 Å². The molecule has 3 unspecified atom stereocenters. The maximum Gasteiger partial charge on any atom is 0.305 e. The van der Waals surface area contributed by atoms with E-state index in [1.54, 1.807) is 0 Å². The monoisotopic (exact) mass is 598 g/mol. The standard InChI is InChI=1S/C24H39N9O9/c25-23(42)14(13-34)11-19(37)17(12-22(40)41)32-21(39)8-6-18(36)16(4-2-9-29-24(26)27)31-20(38)7-5-15(35)3-1-10-30-33-28/h14,16-17,28,34H,1-13H2,(H8-,25,26,27,29,31,32,38,39,40,41,42)/p+1. The molecule has 0 aromatic heterocycles. The van der Waals surface area contributed by atoms with Crippen molar-refractivity contribution in [1.29, 1.82) is 5.53 Å². The summed E-state index contributed by atoms with van der Waals surface area (Å²) in [7, 11) is 0. The van der Waals surface area contributed by atoms with Gasteiger partial charge >= 0.3 is 5.97 Å². The van der Waals surface area contributed by atoms with Gasteiger partial charge in [0.15, 0.2) is 17.5 Å². The Morgan fingerprint density at radius 3 is 1.95 bits per heavy atom. The zero-order valence-electron chi connectivity index (χ0n) is 23.3. The SMILES string of the molecule is N=[N+]=NCCCC(=O)CCC(=O)NC(CCCN=C(N)N)C(=O)CCC(=O)NC(CC(=O)O)C(=O)CC(CO)C(N)=O. The van der Waals surface area contributed by atoms with E-state index in [1.807, 2.05) is 0 Å². The van der Waals surface area contributed by atoms with Gasteiger partial charge in [0.25, 0.3) is 0 Å². The lowest BCUT2D eigenvalue weighted by molar-refractivity contribution is -0.140. The van der Waals surface area contributed by atoms with Gasteiger partial charge in [-0.1, -0.05) is 0 Å². The van der Waals surface area contributed by atoms with Crippen molar-refractivity contribution in [1.82, 2.24) is 15.5 Å². The van der Waals surface area contributed by atoms with Gasteiger partial charge < -0.3 is 38.0 Å². The molecular weight excluding hydrogens is 558 g/mol. The molecule has 0 aromatic rings. The van der Waals surface area contributed by atoms with Gasteiger partial charge in [-0.25, -0.2) is 0 Å². The van der Waals surface area contributed by atoms with Crippen molar-refractivity contribution >= 4 is 47.0 Å². The largest absolute Gasteiger partial charge is 0.481 e. The fourth-order valence-electron chi connectivity index (χ4n) is 3.60. The Morgan fingerprint density at radius 1 is 0.786 bits per heavy atom. The zero-order chi connectivity index (χ0) is 32.1. The molecule has 0 aliphatic heterocycles. The number of amides is 3. The number of hydrogen-bond donors (Lipinski definition) is 8. The average molecular weight is 599 g/mol. The number of carbonyl (C=O) groups is 7. The second-order valence-electron chi connectivity index (χ2n) is 9.31. The number of aliphatic imine (C=N–C) groups is 1. The minimum absolute atomic E-state index is 0.0763. The number of carbonyl (C=O) groups excluding carboxylic acids is 6. The van der Waals surface area contributed by atoms with Crippen LogP contribution >= 0.6 is 0 Å². The van der Waals surface area contributed by atoms with Gasteiger partial charge in [0.2, 0.25) is 22.6 Å². The summed E-state index contributed by atoms with van der Waals surface area (Å²) in [5.41, 5.74) is 22.2. The number of carboxylic acid groups (broad SMARTS) is 1. The van der Waals surface area contributed by atoms with Crippen LogP contribution in [0.2, 0.25) is 0 Å². The second kappa shape index (κ2) is 21.2. The molecule has 0 aromatic carbocycles. The Labute approximate surface area is 241 Å². The third-order valence-corrected chi connectivity index (χ3v) is 5.86. The number of guanidine groups is 1. The number of hydrogen-bond acceptors (Lipinski definition) is 11. The highest BCUT2D eigenvalue weighted by Gasteiger charge is 2.28. The van der Waals surface area contributed by atoms with E-state index >= 15 is 0 Å². The van der Waals surface area contributed by atoms with E-state index in [9.17, 15) is 38.7 Å². The molecule has 18 nitrogen and oxygen atoms in total. The number of aliphatic hydroxyl groups is 1. The minimum atomic E-state index is -1.53. The van der Waals surface area contributed by atoms with Crippen molar-refractivity contribution in [2.75, 3.05) is 19.7 Å². The molecule has 11 N–H and O–H groups in total. The molecule has 0 spiro atoms. The molecule has 0 aliphatic carbocycles. The van der Waals surface area contributed by atoms with Gasteiger partial charge in [-0.3, -0.25) is 38.6 Å². The quantitative estimate of drug-likeness (QED) is 0.0190. The lowest BCUT2D eigenvalue weighted by atomic mass is 9.96. The number of aliphatic hydroxyl groups excluding tert-OH is 1.